The van der Waals surface area contributed by atoms with E-state index in [0.29, 0.717) is 48.6 Å². The Kier molecular flexibility index (Phi) is 7.09. The molecule has 1 aliphatic heterocycles. The summed E-state index contributed by atoms with van der Waals surface area (Å²) in [5.41, 5.74) is 1.90. The molecule has 0 unspecified atom stereocenters. The molecule has 7 nitrogen and oxygen atoms in total. The van der Waals surface area contributed by atoms with E-state index in [2.05, 4.69) is 20.0 Å². The normalized spacial score (nSPS) is 15.7. The number of unbranched alkanes of at least 4 members (excludes halogenated alkanes) is 2. The van der Waals surface area contributed by atoms with Crippen LogP contribution >= 0.6 is 11.6 Å². The second-order valence-electron chi connectivity index (χ2n) is 6.90. The molecule has 0 saturated heterocycles. The molecular weight excluding hydrogens is 399 g/mol. The maximum Gasteiger partial charge on any atom is 0.318 e. The van der Waals surface area contributed by atoms with E-state index in [9.17, 15) is 14.0 Å². The summed E-state index contributed by atoms with van der Waals surface area (Å²) in [5.74, 6) is -0.705. The minimum Gasteiger partial charge on any atom is -0.469 e. The van der Waals surface area contributed by atoms with Crippen LogP contribution in [0.4, 0.5) is 9.18 Å². The number of hydrogen-bond donors (Lipinski definition) is 2. The number of rotatable bonds is 7. The molecule has 2 aromatic rings. The number of carbonyl (C=O) groups excluding carboxylic acids is 2. The van der Waals surface area contributed by atoms with Gasteiger partial charge in [-0.05, 0) is 25.0 Å². The van der Waals surface area contributed by atoms with E-state index in [0.717, 1.165) is 18.5 Å². The summed E-state index contributed by atoms with van der Waals surface area (Å²) in [7, 11) is 1.37. The van der Waals surface area contributed by atoms with Gasteiger partial charge in [0.25, 0.3) is 0 Å². The van der Waals surface area contributed by atoms with Gasteiger partial charge in [0.2, 0.25) is 0 Å². The van der Waals surface area contributed by atoms with Gasteiger partial charge in [-0.25, -0.2) is 14.2 Å². The molecule has 1 aliphatic rings. The first kappa shape index (κ1) is 21.1. The highest BCUT2D eigenvalue weighted by Crippen LogP contribution is 2.35. The maximum atomic E-state index is 14.6. The summed E-state index contributed by atoms with van der Waals surface area (Å²) in [5, 5.41) is 3.19. The monoisotopic (exact) mass is 422 g/mol. The Bertz CT molecular complexity index is 873. The van der Waals surface area contributed by atoms with E-state index in [1.165, 1.54) is 13.2 Å². The molecule has 3 rings (SSSR count). The lowest BCUT2D eigenvalue weighted by Gasteiger charge is -2.35. The minimum absolute atomic E-state index is 0.231. The van der Waals surface area contributed by atoms with Crippen molar-refractivity contribution in [2.45, 2.75) is 38.1 Å². The zero-order chi connectivity index (χ0) is 20.8. The lowest BCUT2D eigenvalue weighted by molar-refractivity contribution is -0.140. The zero-order valence-corrected chi connectivity index (χ0v) is 17.0. The summed E-state index contributed by atoms with van der Waals surface area (Å²) in [6, 6.07) is 3.56. The smallest absolute Gasteiger partial charge is 0.318 e. The molecule has 0 bridgehead atoms. The molecule has 0 fully saturated rings. The molecule has 1 aromatic carbocycles. The van der Waals surface area contributed by atoms with Gasteiger partial charge >= 0.3 is 12.0 Å². The third-order valence-corrected chi connectivity index (χ3v) is 5.24. The first-order valence-electron chi connectivity index (χ1n) is 9.59. The molecule has 9 heteroatoms. The number of nitrogens with one attached hydrogen (secondary N) is 2. The molecule has 1 atom stereocenters. The molecule has 2 heterocycles. The van der Waals surface area contributed by atoms with Crippen LogP contribution in [0.25, 0.3) is 0 Å². The summed E-state index contributed by atoms with van der Waals surface area (Å²) in [6.45, 7) is 0.913. The molecule has 156 valence electrons. The average Bonchev–Trinajstić information content (AvgIpc) is 3.18. The van der Waals surface area contributed by atoms with Crippen LogP contribution in [0.1, 0.15) is 48.7 Å². The lowest BCUT2D eigenvalue weighted by atomic mass is 9.95. The highest BCUT2D eigenvalue weighted by atomic mass is 35.5. The number of fused-ring (bicyclic) bond motifs is 1. The van der Waals surface area contributed by atoms with Crippen LogP contribution in [-0.4, -0.2) is 47.1 Å². The third kappa shape index (κ3) is 5.06. The van der Waals surface area contributed by atoms with Gasteiger partial charge in [0.1, 0.15) is 11.9 Å². The maximum absolute atomic E-state index is 14.6. The Balaban J connectivity index is 1.65. The number of nitrogens with zero attached hydrogens (tertiary/aromatic N) is 2. The van der Waals surface area contributed by atoms with Crippen LogP contribution in [0.3, 0.4) is 0 Å². The number of esters is 1. The first-order valence-corrected chi connectivity index (χ1v) is 9.97. The van der Waals surface area contributed by atoms with Gasteiger partial charge in [-0.1, -0.05) is 24.1 Å². The fourth-order valence-corrected chi connectivity index (χ4v) is 3.66. The number of benzene rings is 1. The SMILES string of the molecule is COC(=O)CCCCCNC(=O)N1CCc2[nH]cnc2[C@H]1c1ccc(Cl)cc1F. The molecule has 0 spiro atoms. The van der Waals surface area contributed by atoms with Gasteiger partial charge < -0.3 is 19.9 Å². The number of halogens is 2. The van der Waals surface area contributed by atoms with Crippen molar-refractivity contribution < 1.29 is 18.7 Å². The molecule has 1 aromatic heterocycles. The van der Waals surface area contributed by atoms with Crippen LogP contribution in [0.5, 0.6) is 0 Å². The minimum atomic E-state index is -0.624. The summed E-state index contributed by atoms with van der Waals surface area (Å²) < 4.78 is 19.2. The van der Waals surface area contributed by atoms with Crippen molar-refractivity contribution >= 4 is 23.6 Å². The Hall–Kier alpha value is -2.61. The molecule has 2 N–H and O–H groups in total. The van der Waals surface area contributed by atoms with Crippen LogP contribution in [0, 0.1) is 5.82 Å². The fraction of sp³-hybridized carbons (Fsp3) is 0.450. The van der Waals surface area contributed by atoms with Crippen molar-refractivity contribution in [1.29, 1.82) is 0 Å². The molecule has 0 aliphatic carbocycles. The zero-order valence-electron chi connectivity index (χ0n) is 16.2. The van der Waals surface area contributed by atoms with Gasteiger partial charge in [-0.3, -0.25) is 4.79 Å². The number of H-pyrrole nitrogens is 1. The number of ether oxygens (including phenoxy) is 1. The predicted molar refractivity (Wildman–Crippen MR) is 106 cm³/mol. The van der Waals surface area contributed by atoms with Crippen molar-refractivity contribution in [1.82, 2.24) is 20.2 Å². The number of amides is 2. The fourth-order valence-electron chi connectivity index (χ4n) is 3.50. The van der Waals surface area contributed by atoms with Gasteiger partial charge in [-0.15, -0.1) is 0 Å². The number of aromatic nitrogens is 2. The molecular formula is C20H24ClFN4O3. The largest absolute Gasteiger partial charge is 0.469 e. The first-order chi connectivity index (χ1) is 14.0. The van der Waals surface area contributed by atoms with E-state index < -0.39 is 11.9 Å². The standard InChI is InChI=1S/C20H24ClFN4O3/c1-29-17(27)5-3-2-4-9-23-20(28)26-10-8-16-18(25-12-24-16)19(26)14-7-6-13(21)11-15(14)22/h6-7,11-12,19H,2-5,8-10H2,1H3,(H,23,28)(H,24,25)/t19-/m1/s1. The highest BCUT2D eigenvalue weighted by Gasteiger charge is 2.35. The van der Waals surface area contributed by atoms with E-state index in [1.807, 2.05) is 0 Å². The van der Waals surface area contributed by atoms with Crippen molar-refractivity contribution in [3.8, 4) is 0 Å². The van der Waals surface area contributed by atoms with Crippen LogP contribution < -0.4 is 5.32 Å². The van der Waals surface area contributed by atoms with Crippen LogP contribution in [-0.2, 0) is 16.0 Å². The Morgan fingerprint density at radius 1 is 1.38 bits per heavy atom. The van der Waals surface area contributed by atoms with Crippen molar-refractivity contribution in [2.75, 3.05) is 20.2 Å². The molecule has 0 saturated carbocycles. The number of hydrogen-bond acceptors (Lipinski definition) is 4. The number of carbonyl (C=O) groups is 2. The van der Waals surface area contributed by atoms with E-state index in [-0.39, 0.29) is 12.0 Å². The number of urea groups is 1. The van der Waals surface area contributed by atoms with E-state index >= 15 is 0 Å². The second kappa shape index (κ2) is 9.73. The summed E-state index contributed by atoms with van der Waals surface area (Å²) >= 11 is 5.89. The summed E-state index contributed by atoms with van der Waals surface area (Å²) in [6.07, 6.45) is 4.80. The third-order valence-electron chi connectivity index (χ3n) is 5.00. The topological polar surface area (TPSA) is 87.3 Å². The van der Waals surface area contributed by atoms with Crippen molar-refractivity contribution in [2.24, 2.45) is 0 Å². The van der Waals surface area contributed by atoms with Gasteiger partial charge in [0, 0.05) is 42.2 Å². The lowest BCUT2D eigenvalue weighted by Crippen LogP contribution is -2.46. The Labute approximate surface area is 173 Å². The molecule has 2 amide bonds. The van der Waals surface area contributed by atoms with Crippen LogP contribution in [0.2, 0.25) is 5.02 Å². The van der Waals surface area contributed by atoms with Gasteiger partial charge in [-0.2, -0.15) is 0 Å². The van der Waals surface area contributed by atoms with Gasteiger partial charge in [0.05, 0.1) is 19.1 Å². The number of aromatic amines is 1. The van der Waals surface area contributed by atoms with Gasteiger partial charge in [0.15, 0.2) is 0 Å². The Morgan fingerprint density at radius 3 is 2.97 bits per heavy atom. The second-order valence-corrected chi connectivity index (χ2v) is 7.33. The average molecular weight is 423 g/mol. The highest BCUT2D eigenvalue weighted by molar-refractivity contribution is 6.30. The van der Waals surface area contributed by atoms with E-state index in [1.54, 1.807) is 23.4 Å². The molecule has 29 heavy (non-hydrogen) atoms. The van der Waals surface area contributed by atoms with Crippen molar-refractivity contribution in [3.05, 3.63) is 52.3 Å². The predicted octanol–water partition coefficient (Wildman–Crippen LogP) is 3.59. The van der Waals surface area contributed by atoms with E-state index in [4.69, 9.17) is 11.6 Å². The number of methoxy groups -OCH3 is 1. The van der Waals surface area contributed by atoms with Crippen LogP contribution in [0.15, 0.2) is 24.5 Å². The Morgan fingerprint density at radius 2 is 2.21 bits per heavy atom. The quantitative estimate of drug-likeness (QED) is 0.527. The van der Waals surface area contributed by atoms with Crippen molar-refractivity contribution in [3.63, 3.8) is 0 Å². The number of imidazole rings is 1. The molecule has 0 radical (unpaired) electrons. The summed E-state index contributed by atoms with van der Waals surface area (Å²) in [4.78, 5) is 33.0.